The van der Waals surface area contributed by atoms with Gasteiger partial charge in [0, 0.05) is 7.05 Å². The molecule has 0 bridgehead atoms. The largest absolute Gasteiger partial charge is 0.286 e. The van der Waals surface area contributed by atoms with Crippen LogP contribution in [0.4, 0.5) is 0 Å². The number of aryl methyl sites for hydroxylation is 3. The first-order valence-electron chi connectivity index (χ1n) is 5.12. The van der Waals surface area contributed by atoms with Crippen LogP contribution in [0.2, 0.25) is 0 Å². The van der Waals surface area contributed by atoms with Crippen LogP contribution in [0.5, 0.6) is 0 Å². The van der Waals surface area contributed by atoms with Crippen molar-refractivity contribution in [3.8, 4) is 0 Å². The summed E-state index contributed by atoms with van der Waals surface area (Å²) in [6, 6.07) is 0. The van der Waals surface area contributed by atoms with Gasteiger partial charge in [0.25, 0.3) is 0 Å². The summed E-state index contributed by atoms with van der Waals surface area (Å²) in [5.74, 6) is 0. The second-order valence-electron chi connectivity index (χ2n) is 3.41. The van der Waals surface area contributed by atoms with Crippen molar-refractivity contribution in [1.82, 2.24) is 15.0 Å². The van der Waals surface area contributed by atoms with Gasteiger partial charge in [0.1, 0.15) is 11.4 Å². The van der Waals surface area contributed by atoms with Gasteiger partial charge >= 0.3 is 0 Å². The summed E-state index contributed by atoms with van der Waals surface area (Å²) in [7, 11) is 1.76. The van der Waals surface area contributed by atoms with Gasteiger partial charge in [-0.05, 0) is 12.8 Å². The third-order valence-corrected chi connectivity index (χ3v) is 2.03. The lowest BCUT2D eigenvalue weighted by Crippen LogP contribution is -2.24. The minimum Gasteiger partial charge on any atom is -0.286 e. The number of hydrogen-bond donors (Lipinski definition) is 0. The van der Waals surface area contributed by atoms with Gasteiger partial charge in [-0.3, -0.25) is 4.79 Å². The molecule has 1 aromatic heterocycles. The van der Waals surface area contributed by atoms with Crippen molar-refractivity contribution in [3.05, 3.63) is 21.6 Å². The molecule has 0 unspecified atom stereocenters. The first-order valence-corrected chi connectivity index (χ1v) is 5.12. The summed E-state index contributed by atoms with van der Waals surface area (Å²) < 4.78 is 0. The van der Waals surface area contributed by atoms with Crippen LogP contribution in [0.15, 0.2) is 4.79 Å². The van der Waals surface area contributed by atoms with Crippen LogP contribution in [0.1, 0.15) is 38.1 Å². The Balaban J connectivity index is 3.11. The van der Waals surface area contributed by atoms with Crippen molar-refractivity contribution >= 4 is 0 Å². The molecule has 0 aliphatic carbocycles. The van der Waals surface area contributed by atoms with Gasteiger partial charge in [0.2, 0.25) is 5.43 Å². The predicted octanol–water partition coefficient (Wildman–Crippen LogP) is 1.08. The molecule has 4 nitrogen and oxygen atoms in total. The lowest BCUT2D eigenvalue weighted by atomic mass is 10.2. The Labute approximate surface area is 84.0 Å². The van der Waals surface area contributed by atoms with E-state index in [4.69, 9.17) is 0 Å². The molecule has 0 aliphatic heterocycles. The molecule has 0 saturated carbocycles. The predicted molar refractivity (Wildman–Crippen MR) is 55.3 cm³/mol. The summed E-state index contributed by atoms with van der Waals surface area (Å²) in [5, 5.41) is 8.20. The number of nitrogens with zero attached hydrogens (tertiary/aromatic N) is 3. The zero-order chi connectivity index (χ0) is 10.6. The SMILES string of the molecule is CCCc1nn(C)nc(CCC)c1=O. The maximum atomic E-state index is 11.8. The molecule has 1 heterocycles. The van der Waals surface area contributed by atoms with Gasteiger partial charge in [0.15, 0.2) is 0 Å². The van der Waals surface area contributed by atoms with E-state index >= 15 is 0 Å². The molecule has 14 heavy (non-hydrogen) atoms. The summed E-state index contributed by atoms with van der Waals surface area (Å²) >= 11 is 0. The number of aromatic nitrogens is 3. The zero-order valence-electron chi connectivity index (χ0n) is 9.08. The smallest absolute Gasteiger partial charge is 0.225 e. The molecule has 0 spiro atoms. The van der Waals surface area contributed by atoms with E-state index in [1.807, 2.05) is 13.8 Å². The molecule has 0 N–H and O–H groups in total. The maximum Gasteiger partial charge on any atom is 0.225 e. The van der Waals surface area contributed by atoms with E-state index in [1.165, 1.54) is 4.80 Å². The maximum absolute atomic E-state index is 11.8. The molecular weight excluding hydrogens is 178 g/mol. The monoisotopic (exact) mass is 195 g/mol. The summed E-state index contributed by atoms with van der Waals surface area (Å²) in [6.07, 6.45) is 3.37. The standard InChI is InChI=1S/C10H17N3O/c1-4-6-8-10(14)9(7-5-2)12-13(3)11-8/h4-7H2,1-3H3. The van der Waals surface area contributed by atoms with E-state index in [2.05, 4.69) is 10.2 Å². The van der Waals surface area contributed by atoms with Gasteiger partial charge in [-0.15, -0.1) is 0 Å². The van der Waals surface area contributed by atoms with Crippen LogP contribution in [0.25, 0.3) is 0 Å². The highest BCUT2D eigenvalue weighted by Gasteiger charge is 2.08. The average Bonchev–Trinajstić information content (AvgIpc) is 2.14. The molecule has 0 atom stereocenters. The second-order valence-corrected chi connectivity index (χ2v) is 3.41. The van der Waals surface area contributed by atoms with Crippen LogP contribution in [0.3, 0.4) is 0 Å². The fourth-order valence-electron chi connectivity index (χ4n) is 1.43. The molecule has 0 aromatic carbocycles. The lowest BCUT2D eigenvalue weighted by molar-refractivity contribution is 0.564. The minimum atomic E-state index is 0.0341. The molecule has 0 fully saturated rings. The van der Waals surface area contributed by atoms with Crippen molar-refractivity contribution in [2.75, 3.05) is 0 Å². The molecule has 0 amide bonds. The Bertz CT molecular complexity index is 327. The molecule has 4 heteroatoms. The van der Waals surface area contributed by atoms with E-state index in [9.17, 15) is 4.79 Å². The quantitative estimate of drug-likeness (QED) is 0.722. The third-order valence-electron chi connectivity index (χ3n) is 2.03. The van der Waals surface area contributed by atoms with Crippen molar-refractivity contribution in [1.29, 1.82) is 0 Å². The summed E-state index contributed by atoms with van der Waals surface area (Å²) in [6.45, 7) is 4.09. The Morgan fingerprint density at radius 3 is 1.86 bits per heavy atom. The zero-order valence-corrected chi connectivity index (χ0v) is 9.08. The minimum absolute atomic E-state index is 0.0341. The van der Waals surface area contributed by atoms with Gasteiger partial charge in [-0.1, -0.05) is 26.7 Å². The highest BCUT2D eigenvalue weighted by Crippen LogP contribution is 1.96. The van der Waals surface area contributed by atoms with E-state index in [1.54, 1.807) is 7.05 Å². The first kappa shape index (κ1) is 10.9. The van der Waals surface area contributed by atoms with E-state index in [0.717, 1.165) is 25.7 Å². The Morgan fingerprint density at radius 1 is 1.07 bits per heavy atom. The molecule has 1 aromatic rings. The van der Waals surface area contributed by atoms with Gasteiger partial charge < -0.3 is 0 Å². The number of rotatable bonds is 4. The summed E-state index contributed by atoms with van der Waals surface area (Å²) in [4.78, 5) is 13.3. The van der Waals surface area contributed by atoms with Gasteiger partial charge in [0.05, 0.1) is 0 Å². The van der Waals surface area contributed by atoms with E-state index < -0.39 is 0 Å². The van der Waals surface area contributed by atoms with Crippen molar-refractivity contribution in [2.24, 2.45) is 7.05 Å². The van der Waals surface area contributed by atoms with Crippen molar-refractivity contribution in [2.45, 2.75) is 39.5 Å². The number of hydrogen-bond acceptors (Lipinski definition) is 3. The fraction of sp³-hybridized carbons (Fsp3) is 0.700. The summed E-state index contributed by atoms with van der Waals surface area (Å²) in [5.41, 5.74) is 1.33. The van der Waals surface area contributed by atoms with Crippen LogP contribution in [0, 0.1) is 0 Å². The molecule has 0 saturated heterocycles. The van der Waals surface area contributed by atoms with Crippen LogP contribution < -0.4 is 5.43 Å². The van der Waals surface area contributed by atoms with Crippen molar-refractivity contribution in [3.63, 3.8) is 0 Å². The van der Waals surface area contributed by atoms with E-state index in [0.29, 0.717) is 11.4 Å². The van der Waals surface area contributed by atoms with Crippen LogP contribution in [-0.4, -0.2) is 15.0 Å². The molecular formula is C10H17N3O. The molecule has 1 rings (SSSR count). The molecule has 78 valence electrons. The average molecular weight is 195 g/mol. The van der Waals surface area contributed by atoms with Crippen LogP contribution >= 0.6 is 0 Å². The normalized spacial score (nSPS) is 10.5. The molecule has 0 radical (unpaired) electrons. The highest BCUT2D eigenvalue weighted by atomic mass is 16.1. The van der Waals surface area contributed by atoms with Crippen LogP contribution in [-0.2, 0) is 19.9 Å². The fourth-order valence-corrected chi connectivity index (χ4v) is 1.43. The van der Waals surface area contributed by atoms with Gasteiger partial charge in [-0.2, -0.15) is 15.0 Å². The van der Waals surface area contributed by atoms with E-state index in [-0.39, 0.29) is 5.43 Å². The highest BCUT2D eigenvalue weighted by molar-refractivity contribution is 5.07. The Hall–Kier alpha value is -1.19. The Morgan fingerprint density at radius 2 is 1.50 bits per heavy atom. The first-order chi connectivity index (χ1) is 6.69. The van der Waals surface area contributed by atoms with Gasteiger partial charge in [-0.25, -0.2) is 0 Å². The van der Waals surface area contributed by atoms with Crippen molar-refractivity contribution < 1.29 is 0 Å². The third kappa shape index (κ3) is 2.40. The Kier molecular flexibility index (Phi) is 3.80. The lowest BCUT2D eigenvalue weighted by Gasteiger charge is -2.04. The topological polar surface area (TPSA) is 47.8 Å². The second kappa shape index (κ2) is 4.88. The molecule has 0 aliphatic rings.